The second-order valence-corrected chi connectivity index (χ2v) is 6.32. The molecule has 6 heteroatoms. The summed E-state index contributed by atoms with van der Waals surface area (Å²) in [6, 6.07) is 5.38. The van der Waals surface area contributed by atoms with Gasteiger partial charge in [-0.1, -0.05) is 13.8 Å². The number of anilines is 1. The molecule has 0 N–H and O–H groups in total. The highest BCUT2D eigenvalue weighted by Crippen LogP contribution is 2.24. The van der Waals surface area contributed by atoms with Crippen LogP contribution in [0.25, 0.3) is 0 Å². The van der Waals surface area contributed by atoms with Crippen LogP contribution >= 0.6 is 0 Å². The van der Waals surface area contributed by atoms with Crippen molar-refractivity contribution in [1.29, 1.82) is 5.26 Å². The summed E-state index contributed by atoms with van der Waals surface area (Å²) >= 11 is 0. The van der Waals surface area contributed by atoms with Crippen molar-refractivity contribution in [2.75, 3.05) is 25.0 Å². The fraction of sp³-hybridized carbons (Fsp3) is 0.556. The highest BCUT2D eigenvalue weighted by atomic mass is 16.2. The third-order valence-electron chi connectivity index (χ3n) is 4.67. The largest absolute Gasteiger partial charge is 0.342 e. The highest BCUT2D eigenvalue weighted by molar-refractivity contribution is 5.95. The van der Waals surface area contributed by atoms with Gasteiger partial charge in [-0.3, -0.25) is 14.5 Å². The van der Waals surface area contributed by atoms with E-state index < -0.39 is 0 Å². The molecule has 1 saturated heterocycles. The minimum atomic E-state index is -0.245. The highest BCUT2D eigenvalue weighted by Gasteiger charge is 2.32. The van der Waals surface area contributed by atoms with Crippen LogP contribution in [0.5, 0.6) is 0 Å². The van der Waals surface area contributed by atoms with Crippen LogP contribution in [0.4, 0.5) is 5.82 Å². The Morgan fingerprint density at radius 1 is 1.54 bits per heavy atom. The minimum absolute atomic E-state index is 0.0161. The number of piperidine rings is 1. The number of carbonyl (C=O) groups excluding carboxylic acids is 2. The van der Waals surface area contributed by atoms with E-state index in [9.17, 15) is 14.9 Å². The van der Waals surface area contributed by atoms with Crippen LogP contribution in [0, 0.1) is 23.2 Å². The van der Waals surface area contributed by atoms with Crippen molar-refractivity contribution in [3.63, 3.8) is 0 Å². The third-order valence-corrected chi connectivity index (χ3v) is 4.67. The molecule has 0 bridgehead atoms. The molecule has 6 nitrogen and oxygen atoms in total. The second-order valence-electron chi connectivity index (χ2n) is 6.32. The maximum Gasteiger partial charge on any atom is 0.232 e. The molecule has 2 atom stereocenters. The van der Waals surface area contributed by atoms with Crippen LogP contribution < -0.4 is 4.90 Å². The molecule has 24 heavy (non-hydrogen) atoms. The first kappa shape index (κ1) is 17.9. The van der Waals surface area contributed by atoms with E-state index in [1.54, 1.807) is 30.3 Å². The fourth-order valence-electron chi connectivity index (χ4n) is 2.99. The Kier molecular flexibility index (Phi) is 5.91. The lowest BCUT2D eigenvalue weighted by molar-refractivity contribution is -0.138. The number of amides is 2. The molecule has 0 aromatic carbocycles. The van der Waals surface area contributed by atoms with Gasteiger partial charge in [-0.25, -0.2) is 4.98 Å². The van der Waals surface area contributed by atoms with Crippen molar-refractivity contribution in [3.05, 3.63) is 23.9 Å². The van der Waals surface area contributed by atoms with Gasteiger partial charge >= 0.3 is 0 Å². The van der Waals surface area contributed by atoms with Crippen molar-refractivity contribution < 1.29 is 9.59 Å². The zero-order valence-corrected chi connectivity index (χ0v) is 14.5. The standard InChI is InChI=1S/C18H24N4O2/c1-4-13(2)17(23)22-10-6-8-15(12-22)18(24)21(3)16-14(11-19)7-5-9-20-16/h5,7,9,13,15H,4,6,8,10,12H2,1-3H3. The number of carbonyl (C=O) groups is 2. The first-order valence-corrected chi connectivity index (χ1v) is 8.41. The Morgan fingerprint density at radius 3 is 2.96 bits per heavy atom. The SMILES string of the molecule is CCC(C)C(=O)N1CCCC(C(=O)N(C)c2ncccc2C#N)C1. The predicted molar refractivity (Wildman–Crippen MR) is 91.1 cm³/mol. The van der Waals surface area contributed by atoms with Gasteiger partial charge < -0.3 is 4.90 Å². The first-order valence-electron chi connectivity index (χ1n) is 8.41. The summed E-state index contributed by atoms with van der Waals surface area (Å²) in [5.74, 6) is 0.137. The zero-order valence-electron chi connectivity index (χ0n) is 14.5. The number of nitriles is 1. The van der Waals surface area contributed by atoms with Crippen molar-refractivity contribution in [2.45, 2.75) is 33.1 Å². The number of rotatable bonds is 4. The fourth-order valence-corrected chi connectivity index (χ4v) is 2.99. The van der Waals surface area contributed by atoms with Gasteiger partial charge in [-0.15, -0.1) is 0 Å². The van der Waals surface area contributed by atoms with E-state index in [0.29, 0.717) is 24.5 Å². The van der Waals surface area contributed by atoms with Gasteiger partial charge in [0.15, 0.2) is 5.82 Å². The lowest BCUT2D eigenvalue weighted by atomic mass is 9.95. The topological polar surface area (TPSA) is 77.3 Å². The molecular weight excluding hydrogens is 304 g/mol. The molecule has 0 aliphatic carbocycles. The van der Waals surface area contributed by atoms with Gasteiger partial charge in [-0.05, 0) is 31.4 Å². The molecule has 2 heterocycles. The van der Waals surface area contributed by atoms with Gasteiger partial charge in [0.05, 0.1) is 11.5 Å². The van der Waals surface area contributed by atoms with Crippen LogP contribution in [-0.2, 0) is 9.59 Å². The molecule has 1 fully saturated rings. The van der Waals surface area contributed by atoms with E-state index in [1.807, 2.05) is 13.8 Å². The lowest BCUT2D eigenvalue weighted by Crippen LogP contribution is -2.47. The van der Waals surface area contributed by atoms with E-state index in [2.05, 4.69) is 11.1 Å². The molecule has 1 aliphatic rings. The molecule has 2 unspecified atom stereocenters. The average molecular weight is 328 g/mol. The van der Waals surface area contributed by atoms with Gasteiger partial charge in [-0.2, -0.15) is 5.26 Å². The first-order chi connectivity index (χ1) is 11.5. The molecule has 1 aromatic heterocycles. The summed E-state index contributed by atoms with van der Waals surface area (Å²) < 4.78 is 0. The van der Waals surface area contributed by atoms with Crippen LogP contribution in [0.2, 0.25) is 0 Å². The van der Waals surface area contributed by atoms with Crippen LogP contribution in [0.3, 0.4) is 0 Å². The summed E-state index contributed by atoms with van der Waals surface area (Å²) in [5, 5.41) is 9.18. The summed E-state index contributed by atoms with van der Waals surface area (Å²) in [5.41, 5.74) is 0.372. The molecule has 0 saturated carbocycles. The molecule has 0 spiro atoms. The molecule has 128 valence electrons. The number of likely N-dealkylation sites (tertiary alicyclic amines) is 1. The van der Waals surface area contributed by atoms with Gasteiger partial charge in [0.2, 0.25) is 11.8 Å². The van der Waals surface area contributed by atoms with E-state index in [4.69, 9.17) is 0 Å². The zero-order chi connectivity index (χ0) is 17.7. The number of nitrogens with zero attached hydrogens (tertiary/aromatic N) is 4. The minimum Gasteiger partial charge on any atom is -0.342 e. The Bertz CT molecular complexity index is 653. The van der Waals surface area contributed by atoms with Crippen LogP contribution in [-0.4, -0.2) is 41.8 Å². The number of hydrogen-bond acceptors (Lipinski definition) is 4. The Labute approximate surface area is 143 Å². The maximum absolute atomic E-state index is 12.8. The van der Waals surface area contributed by atoms with E-state index in [0.717, 1.165) is 19.3 Å². The molecule has 0 radical (unpaired) electrons. The smallest absolute Gasteiger partial charge is 0.232 e. The number of aromatic nitrogens is 1. The normalized spacial score (nSPS) is 18.6. The second kappa shape index (κ2) is 7.91. The van der Waals surface area contributed by atoms with E-state index >= 15 is 0 Å². The molecule has 2 amide bonds. The predicted octanol–water partition coefficient (Wildman–Crippen LogP) is 2.20. The third kappa shape index (κ3) is 3.73. The summed E-state index contributed by atoms with van der Waals surface area (Å²) in [6.45, 7) is 5.07. The quantitative estimate of drug-likeness (QED) is 0.849. The van der Waals surface area contributed by atoms with Crippen molar-refractivity contribution in [1.82, 2.24) is 9.88 Å². The molecular formula is C18H24N4O2. The Morgan fingerprint density at radius 2 is 2.29 bits per heavy atom. The van der Waals surface area contributed by atoms with Crippen molar-refractivity contribution in [3.8, 4) is 6.07 Å². The van der Waals surface area contributed by atoms with Gasteiger partial charge in [0, 0.05) is 32.3 Å². The van der Waals surface area contributed by atoms with E-state index in [-0.39, 0.29) is 23.7 Å². The summed E-state index contributed by atoms with van der Waals surface area (Å²) in [4.78, 5) is 32.6. The molecule has 1 aromatic rings. The maximum atomic E-state index is 12.8. The molecule has 1 aliphatic heterocycles. The average Bonchev–Trinajstić information content (AvgIpc) is 2.65. The van der Waals surface area contributed by atoms with Gasteiger partial charge in [0.1, 0.15) is 6.07 Å². The van der Waals surface area contributed by atoms with E-state index in [1.165, 1.54) is 4.90 Å². The van der Waals surface area contributed by atoms with Gasteiger partial charge in [0.25, 0.3) is 0 Å². The summed E-state index contributed by atoms with van der Waals surface area (Å²) in [7, 11) is 1.64. The number of pyridine rings is 1. The van der Waals surface area contributed by atoms with Crippen LogP contribution in [0.1, 0.15) is 38.7 Å². The van der Waals surface area contributed by atoms with Crippen LogP contribution in [0.15, 0.2) is 18.3 Å². The number of hydrogen-bond donors (Lipinski definition) is 0. The van der Waals surface area contributed by atoms with Crippen molar-refractivity contribution in [2.24, 2.45) is 11.8 Å². The summed E-state index contributed by atoms with van der Waals surface area (Å²) in [6.07, 6.45) is 3.94. The lowest BCUT2D eigenvalue weighted by Gasteiger charge is -2.35. The molecule has 2 rings (SSSR count). The Balaban J connectivity index is 2.11. The Hall–Kier alpha value is -2.42. The van der Waals surface area contributed by atoms with Crippen molar-refractivity contribution >= 4 is 17.6 Å². The monoisotopic (exact) mass is 328 g/mol.